The smallest absolute Gasteiger partial charge is 0.206 e. The minimum Gasteiger partial charge on any atom is -0.334 e. The van der Waals surface area contributed by atoms with E-state index in [1.165, 1.54) is 37.7 Å². The fraction of sp³-hybridized carbons (Fsp3) is 0.654. The zero-order valence-electron chi connectivity index (χ0n) is 19.9. The first-order valence-corrected chi connectivity index (χ1v) is 11.6. The summed E-state index contributed by atoms with van der Waals surface area (Å²) < 4.78 is 2.30. The lowest BCUT2D eigenvalue weighted by Gasteiger charge is -2.52. The van der Waals surface area contributed by atoms with E-state index in [-0.39, 0.29) is 5.54 Å². The Hall–Kier alpha value is -1.81. The number of piperazine rings is 1. The van der Waals surface area contributed by atoms with Gasteiger partial charge in [0.15, 0.2) is 0 Å². The molecule has 4 heteroatoms. The maximum absolute atomic E-state index is 4.87. The number of nitrogens with zero attached hydrogens (tertiary/aromatic N) is 3. The van der Waals surface area contributed by atoms with Crippen LogP contribution in [0.25, 0.3) is 0 Å². The van der Waals surface area contributed by atoms with Crippen molar-refractivity contribution in [3.63, 3.8) is 0 Å². The molecule has 1 N–H and O–H groups in total. The minimum atomic E-state index is 0.137. The van der Waals surface area contributed by atoms with Crippen molar-refractivity contribution in [1.29, 1.82) is 0 Å². The Labute approximate surface area is 184 Å². The van der Waals surface area contributed by atoms with E-state index in [0.717, 1.165) is 32.1 Å². The fourth-order valence-electron chi connectivity index (χ4n) is 5.61. The number of imidazole rings is 1. The molecular formula is C26H42N4. The number of nitrogens with one attached hydrogen (secondary N) is 1. The van der Waals surface area contributed by atoms with Crippen molar-refractivity contribution in [2.24, 2.45) is 10.8 Å². The van der Waals surface area contributed by atoms with Crippen LogP contribution < -0.4 is 10.2 Å². The quantitative estimate of drug-likeness (QED) is 0.629. The molecule has 0 amide bonds. The topological polar surface area (TPSA) is 33.1 Å². The molecule has 0 aromatic carbocycles. The first-order valence-electron chi connectivity index (χ1n) is 11.6. The Morgan fingerprint density at radius 3 is 2.50 bits per heavy atom. The van der Waals surface area contributed by atoms with E-state index in [2.05, 4.69) is 73.5 Å². The van der Waals surface area contributed by atoms with E-state index in [1.807, 2.05) is 19.2 Å². The second kappa shape index (κ2) is 9.13. The average Bonchev–Trinajstić information content (AvgIpc) is 3.15. The molecule has 4 nitrogen and oxygen atoms in total. The van der Waals surface area contributed by atoms with Crippen LogP contribution in [0.4, 0.5) is 5.95 Å². The largest absolute Gasteiger partial charge is 0.334 e. The summed E-state index contributed by atoms with van der Waals surface area (Å²) in [5.41, 5.74) is 2.09. The molecule has 1 aliphatic heterocycles. The van der Waals surface area contributed by atoms with Crippen molar-refractivity contribution in [3.8, 4) is 0 Å². The molecule has 1 saturated heterocycles. The van der Waals surface area contributed by atoms with Crippen LogP contribution in [0.5, 0.6) is 0 Å². The lowest BCUT2D eigenvalue weighted by molar-refractivity contribution is 0.105. The number of allylic oxidation sites excluding steroid dienone is 5. The Balaban J connectivity index is 1.93. The highest BCUT2D eigenvalue weighted by atomic mass is 15.4. The summed E-state index contributed by atoms with van der Waals surface area (Å²) in [5.74, 6) is 1.11. The summed E-state index contributed by atoms with van der Waals surface area (Å²) in [7, 11) is 0. The van der Waals surface area contributed by atoms with Gasteiger partial charge in [-0.05, 0) is 55.4 Å². The molecule has 0 atom stereocenters. The number of hydrogen-bond donors (Lipinski definition) is 1. The van der Waals surface area contributed by atoms with Crippen molar-refractivity contribution in [2.45, 2.75) is 78.8 Å². The van der Waals surface area contributed by atoms with Crippen LogP contribution in [0.2, 0.25) is 0 Å². The molecule has 1 saturated carbocycles. The van der Waals surface area contributed by atoms with Crippen molar-refractivity contribution in [1.82, 2.24) is 14.9 Å². The van der Waals surface area contributed by atoms with Gasteiger partial charge in [-0.25, -0.2) is 4.98 Å². The van der Waals surface area contributed by atoms with Crippen LogP contribution in [0.15, 0.2) is 48.8 Å². The first-order chi connectivity index (χ1) is 14.2. The molecule has 30 heavy (non-hydrogen) atoms. The van der Waals surface area contributed by atoms with Gasteiger partial charge in [0.05, 0.1) is 12.1 Å². The van der Waals surface area contributed by atoms with Crippen LogP contribution in [0, 0.1) is 10.8 Å². The zero-order valence-corrected chi connectivity index (χ0v) is 19.9. The van der Waals surface area contributed by atoms with Crippen molar-refractivity contribution in [2.75, 3.05) is 24.5 Å². The molecule has 1 aromatic rings. The molecule has 166 valence electrons. The summed E-state index contributed by atoms with van der Waals surface area (Å²) in [6.45, 7) is 19.8. The molecule has 0 unspecified atom stereocenters. The third kappa shape index (κ3) is 5.26. The van der Waals surface area contributed by atoms with Crippen LogP contribution >= 0.6 is 0 Å². The van der Waals surface area contributed by atoms with E-state index < -0.39 is 0 Å². The lowest BCUT2D eigenvalue weighted by Crippen LogP contribution is -2.63. The molecule has 3 rings (SSSR count). The second-order valence-electron chi connectivity index (χ2n) is 10.9. The van der Waals surface area contributed by atoms with Crippen LogP contribution in [0.3, 0.4) is 0 Å². The van der Waals surface area contributed by atoms with E-state index >= 15 is 0 Å². The predicted octanol–water partition coefficient (Wildman–Crippen LogP) is 5.74. The van der Waals surface area contributed by atoms with Crippen molar-refractivity contribution < 1.29 is 0 Å². The number of rotatable bonds is 5. The highest BCUT2D eigenvalue weighted by Crippen LogP contribution is 2.47. The Bertz CT molecular complexity index is 763. The van der Waals surface area contributed by atoms with Gasteiger partial charge < -0.3 is 14.8 Å². The van der Waals surface area contributed by atoms with E-state index in [0.29, 0.717) is 10.8 Å². The van der Waals surface area contributed by atoms with Gasteiger partial charge in [-0.3, -0.25) is 0 Å². The molecule has 1 aromatic heterocycles. The van der Waals surface area contributed by atoms with E-state index in [4.69, 9.17) is 4.98 Å². The summed E-state index contributed by atoms with van der Waals surface area (Å²) in [6, 6.07) is 0. The molecular weight excluding hydrogens is 368 g/mol. The summed E-state index contributed by atoms with van der Waals surface area (Å²) in [5, 5.41) is 3.72. The van der Waals surface area contributed by atoms with Gasteiger partial charge in [0.25, 0.3) is 0 Å². The minimum absolute atomic E-state index is 0.137. The molecule has 2 fully saturated rings. The molecule has 0 radical (unpaired) electrons. The van der Waals surface area contributed by atoms with Crippen LogP contribution in [0.1, 0.15) is 66.7 Å². The SMILES string of the molecule is C=C/C(=C\C=C/C)Cn1ccnc1N1CCNCC12CCC(C)(C)CC(C)(C)CC2. The zero-order chi connectivity index (χ0) is 21.8. The maximum Gasteiger partial charge on any atom is 0.206 e. The van der Waals surface area contributed by atoms with Gasteiger partial charge in [0, 0.05) is 32.0 Å². The standard InChI is InChI=1S/C26H42N4/c1-7-9-10-22(8-2)19-29-17-16-28-23(29)30-18-15-27-21-26(30)13-11-24(3,4)20-25(5,6)12-14-26/h7-10,16-17,27H,2,11-15,18-21H2,1,3-6H3/b9-7-,22-10+. The van der Waals surface area contributed by atoms with Crippen LogP contribution in [-0.4, -0.2) is 34.7 Å². The summed E-state index contributed by atoms with van der Waals surface area (Å²) >= 11 is 0. The maximum atomic E-state index is 4.87. The third-order valence-electron chi connectivity index (χ3n) is 7.08. The van der Waals surface area contributed by atoms with Crippen LogP contribution in [-0.2, 0) is 6.54 Å². The molecule has 2 aliphatic rings. The Morgan fingerprint density at radius 1 is 1.17 bits per heavy atom. The Kier molecular flexibility index (Phi) is 6.96. The highest BCUT2D eigenvalue weighted by molar-refractivity contribution is 5.40. The second-order valence-corrected chi connectivity index (χ2v) is 10.9. The Morgan fingerprint density at radius 2 is 1.87 bits per heavy atom. The molecule has 0 bridgehead atoms. The molecule has 1 aliphatic carbocycles. The van der Waals surface area contributed by atoms with Crippen molar-refractivity contribution in [3.05, 3.63) is 48.8 Å². The van der Waals surface area contributed by atoms with Crippen molar-refractivity contribution >= 4 is 5.95 Å². The van der Waals surface area contributed by atoms with Gasteiger partial charge in [-0.2, -0.15) is 0 Å². The highest BCUT2D eigenvalue weighted by Gasteiger charge is 2.45. The number of aromatic nitrogens is 2. The normalized spacial score (nSPS) is 24.0. The molecule has 1 spiro atoms. The van der Waals surface area contributed by atoms with E-state index in [1.54, 1.807) is 0 Å². The monoisotopic (exact) mass is 410 g/mol. The summed E-state index contributed by atoms with van der Waals surface area (Å²) in [4.78, 5) is 7.50. The lowest BCUT2D eigenvalue weighted by atomic mass is 9.64. The number of hydrogen-bond acceptors (Lipinski definition) is 3. The summed E-state index contributed by atoms with van der Waals surface area (Å²) in [6.07, 6.45) is 18.6. The van der Waals surface area contributed by atoms with Gasteiger partial charge in [0.1, 0.15) is 0 Å². The van der Waals surface area contributed by atoms with Gasteiger partial charge in [-0.15, -0.1) is 0 Å². The van der Waals surface area contributed by atoms with Gasteiger partial charge in [0.2, 0.25) is 5.95 Å². The van der Waals surface area contributed by atoms with Gasteiger partial charge >= 0.3 is 0 Å². The number of anilines is 1. The predicted molar refractivity (Wildman–Crippen MR) is 129 cm³/mol. The average molecular weight is 411 g/mol. The van der Waals surface area contributed by atoms with E-state index in [9.17, 15) is 0 Å². The first kappa shape index (κ1) is 22.9. The third-order valence-corrected chi connectivity index (χ3v) is 7.08. The van der Waals surface area contributed by atoms with Gasteiger partial charge in [-0.1, -0.05) is 58.6 Å². The molecule has 2 heterocycles. The fourth-order valence-corrected chi connectivity index (χ4v) is 5.61.